The standard InChI is InChI=1S/C20H21N3O2S/c1-14(18-7-4-12-26-18)21-19-13-16(15-5-2-3-6-17(15)22-19)20(24)23-8-10-25-11-9-23/h2-7,12-14H,8-11H2,1H3,(H,21,22). The number of benzene rings is 1. The zero-order valence-electron chi connectivity index (χ0n) is 14.6. The highest BCUT2D eigenvalue weighted by molar-refractivity contribution is 7.10. The van der Waals surface area contributed by atoms with E-state index in [4.69, 9.17) is 9.72 Å². The van der Waals surface area contributed by atoms with Gasteiger partial charge >= 0.3 is 0 Å². The summed E-state index contributed by atoms with van der Waals surface area (Å²) in [6.45, 7) is 4.55. The number of fused-ring (bicyclic) bond motifs is 1. The summed E-state index contributed by atoms with van der Waals surface area (Å²) < 4.78 is 5.37. The molecule has 3 heterocycles. The molecule has 134 valence electrons. The minimum absolute atomic E-state index is 0.0405. The van der Waals surface area contributed by atoms with Crippen LogP contribution in [0.25, 0.3) is 10.9 Å². The summed E-state index contributed by atoms with van der Waals surface area (Å²) >= 11 is 1.71. The molecule has 5 nitrogen and oxygen atoms in total. The van der Waals surface area contributed by atoms with Crippen LogP contribution in [0.4, 0.5) is 5.82 Å². The predicted molar refractivity (Wildman–Crippen MR) is 105 cm³/mol. The van der Waals surface area contributed by atoms with Crippen molar-refractivity contribution in [3.8, 4) is 0 Å². The van der Waals surface area contributed by atoms with E-state index < -0.39 is 0 Å². The molecular formula is C20H21N3O2S. The number of thiophene rings is 1. The topological polar surface area (TPSA) is 54.5 Å². The summed E-state index contributed by atoms with van der Waals surface area (Å²) in [5.41, 5.74) is 1.52. The molecule has 1 aromatic carbocycles. The molecule has 1 atom stereocenters. The Kier molecular flexibility index (Phi) is 4.86. The lowest BCUT2D eigenvalue weighted by atomic mass is 10.1. The fraction of sp³-hybridized carbons (Fsp3) is 0.300. The number of nitrogens with one attached hydrogen (secondary N) is 1. The van der Waals surface area contributed by atoms with Gasteiger partial charge in [-0.2, -0.15) is 0 Å². The van der Waals surface area contributed by atoms with E-state index in [1.54, 1.807) is 11.3 Å². The molecular weight excluding hydrogens is 346 g/mol. The lowest BCUT2D eigenvalue weighted by Gasteiger charge is -2.27. The van der Waals surface area contributed by atoms with Gasteiger partial charge in [0.1, 0.15) is 5.82 Å². The molecule has 26 heavy (non-hydrogen) atoms. The van der Waals surface area contributed by atoms with E-state index in [1.165, 1.54) is 4.88 Å². The SMILES string of the molecule is CC(Nc1cc(C(=O)N2CCOCC2)c2ccccc2n1)c1cccs1. The maximum atomic E-state index is 13.1. The number of anilines is 1. The number of ether oxygens (including phenoxy) is 1. The van der Waals surface area contributed by atoms with Gasteiger partial charge in [0.2, 0.25) is 0 Å². The molecule has 1 saturated heterocycles. The Morgan fingerprint density at radius 1 is 1.23 bits per heavy atom. The van der Waals surface area contributed by atoms with E-state index >= 15 is 0 Å². The fourth-order valence-corrected chi connectivity index (χ4v) is 3.93. The molecule has 3 aromatic rings. The van der Waals surface area contributed by atoms with Crippen LogP contribution >= 0.6 is 11.3 Å². The molecule has 1 fully saturated rings. The second-order valence-electron chi connectivity index (χ2n) is 6.36. The third-order valence-corrected chi connectivity index (χ3v) is 5.63. The number of carbonyl (C=O) groups excluding carboxylic acids is 1. The Morgan fingerprint density at radius 2 is 2.04 bits per heavy atom. The first-order chi connectivity index (χ1) is 12.7. The Balaban J connectivity index is 1.70. The van der Waals surface area contributed by atoms with Gasteiger partial charge in [-0.25, -0.2) is 4.98 Å². The Bertz CT molecular complexity index is 905. The van der Waals surface area contributed by atoms with E-state index in [9.17, 15) is 4.79 Å². The average molecular weight is 367 g/mol. The lowest BCUT2D eigenvalue weighted by molar-refractivity contribution is 0.0304. The van der Waals surface area contributed by atoms with Gasteiger partial charge in [0.05, 0.1) is 30.3 Å². The quantitative estimate of drug-likeness (QED) is 0.759. The molecule has 1 amide bonds. The number of carbonyl (C=O) groups is 1. The van der Waals surface area contributed by atoms with Crippen LogP contribution in [0.3, 0.4) is 0 Å². The number of para-hydroxylation sites is 1. The zero-order valence-corrected chi connectivity index (χ0v) is 15.5. The van der Waals surface area contributed by atoms with Crippen LogP contribution in [0.5, 0.6) is 0 Å². The molecule has 6 heteroatoms. The Hall–Kier alpha value is -2.44. The van der Waals surface area contributed by atoms with Crippen molar-refractivity contribution in [1.29, 1.82) is 0 Å². The third-order valence-electron chi connectivity index (χ3n) is 4.58. The van der Waals surface area contributed by atoms with Gasteiger partial charge in [-0.15, -0.1) is 11.3 Å². The summed E-state index contributed by atoms with van der Waals surface area (Å²) in [5, 5.41) is 6.39. The van der Waals surface area contributed by atoms with Crippen molar-refractivity contribution in [1.82, 2.24) is 9.88 Å². The molecule has 1 aliphatic heterocycles. The van der Waals surface area contributed by atoms with Crippen LogP contribution in [0, 0.1) is 0 Å². The van der Waals surface area contributed by atoms with Crippen molar-refractivity contribution >= 4 is 34.0 Å². The molecule has 1 N–H and O–H groups in total. The minimum Gasteiger partial charge on any atom is -0.378 e. The number of amides is 1. The first-order valence-electron chi connectivity index (χ1n) is 8.79. The molecule has 0 bridgehead atoms. The van der Waals surface area contributed by atoms with Gasteiger partial charge in [0, 0.05) is 23.4 Å². The van der Waals surface area contributed by atoms with Gasteiger partial charge in [-0.05, 0) is 30.5 Å². The molecule has 2 aromatic heterocycles. The van der Waals surface area contributed by atoms with E-state index in [-0.39, 0.29) is 11.9 Å². The number of pyridine rings is 1. The number of hydrogen-bond acceptors (Lipinski definition) is 5. The van der Waals surface area contributed by atoms with Crippen molar-refractivity contribution < 1.29 is 9.53 Å². The number of hydrogen-bond donors (Lipinski definition) is 1. The van der Waals surface area contributed by atoms with E-state index in [0.29, 0.717) is 31.9 Å². The smallest absolute Gasteiger partial charge is 0.254 e. The highest BCUT2D eigenvalue weighted by atomic mass is 32.1. The van der Waals surface area contributed by atoms with Gasteiger partial charge < -0.3 is 15.0 Å². The van der Waals surface area contributed by atoms with Crippen LogP contribution in [0.2, 0.25) is 0 Å². The molecule has 0 aliphatic carbocycles. The normalized spacial score (nSPS) is 15.8. The lowest BCUT2D eigenvalue weighted by Crippen LogP contribution is -2.40. The number of nitrogens with zero attached hydrogens (tertiary/aromatic N) is 2. The van der Waals surface area contributed by atoms with Gasteiger partial charge in [-0.1, -0.05) is 24.3 Å². The number of rotatable bonds is 4. The summed E-state index contributed by atoms with van der Waals surface area (Å²) in [7, 11) is 0. The molecule has 0 saturated carbocycles. The van der Waals surface area contributed by atoms with Crippen LogP contribution in [0.15, 0.2) is 47.8 Å². The van der Waals surface area contributed by atoms with E-state index in [0.717, 1.165) is 16.7 Å². The zero-order chi connectivity index (χ0) is 17.9. The molecule has 1 unspecified atom stereocenters. The first-order valence-corrected chi connectivity index (χ1v) is 9.67. The van der Waals surface area contributed by atoms with Crippen LogP contribution in [0.1, 0.15) is 28.2 Å². The highest BCUT2D eigenvalue weighted by Crippen LogP contribution is 2.26. The van der Waals surface area contributed by atoms with E-state index in [2.05, 4.69) is 23.7 Å². The minimum atomic E-state index is 0.0405. The summed E-state index contributed by atoms with van der Waals surface area (Å²) in [4.78, 5) is 20.9. The van der Waals surface area contributed by atoms with Crippen LogP contribution < -0.4 is 5.32 Å². The number of aromatic nitrogens is 1. The second kappa shape index (κ2) is 7.43. The molecule has 4 rings (SSSR count). The predicted octanol–water partition coefficient (Wildman–Crippen LogP) is 3.94. The van der Waals surface area contributed by atoms with Crippen molar-refractivity contribution in [3.63, 3.8) is 0 Å². The largest absolute Gasteiger partial charge is 0.378 e. The van der Waals surface area contributed by atoms with Crippen molar-refractivity contribution in [2.75, 3.05) is 31.6 Å². The fourth-order valence-electron chi connectivity index (χ4n) is 3.19. The summed E-state index contributed by atoms with van der Waals surface area (Å²) in [6.07, 6.45) is 0. The van der Waals surface area contributed by atoms with Crippen LogP contribution in [-0.2, 0) is 4.74 Å². The molecule has 0 spiro atoms. The van der Waals surface area contributed by atoms with Gasteiger partial charge in [-0.3, -0.25) is 4.79 Å². The van der Waals surface area contributed by atoms with Crippen molar-refractivity contribution in [2.45, 2.75) is 13.0 Å². The Labute approximate surface area is 156 Å². The molecule has 1 aliphatic rings. The molecule has 0 radical (unpaired) electrons. The van der Waals surface area contributed by atoms with E-state index in [1.807, 2.05) is 41.3 Å². The van der Waals surface area contributed by atoms with Crippen molar-refractivity contribution in [2.24, 2.45) is 0 Å². The maximum absolute atomic E-state index is 13.1. The average Bonchev–Trinajstić information content (AvgIpc) is 3.22. The number of morpholine rings is 1. The summed E-state index contributed by atoms with van der Waals surface area (Å²) in [5.74, 6) is 0.764. The third kappa shape index (κ3) is 3.43. The van der Waals surface area contributed by atoms with Crippen molar-refractivity contribution in [3.05, 3.63) is 58.3 Å². The van der Waals surface area contributed by atoms with Gasteiger partial charge in [0.25, 0.3) is 5.91 Å². The maximum Gasteiger partial charge on any atom is 0.254 e. The monoisotopic (exact) mass is 367 g/mol. The Morgan fingerprint density at radius 3 is 2.81 bits per heavy atom. The summed E-state index contributed by atoms with van der Waals surface area (Å²) in [6, 6.07) is 14.0. The van der Waals surface area contributed by atoms with Gasteiger partial charge in [0.15, 0.2) is 0 Å². The van der Waals surface area contributed by atoms with Crippen LogP contribution in [-0.4, -0.2) is 42.1 Å². The highest BCUT2D eigenvalue weighted by Gasteiger charge is 2.22. The first kappa shape index (κ1) is 17.0. The second-order valence-corrected chi connectivity index (χ2v) is 7.34.